The van der Waals surface area contributed by atoms with Crippen LogP contribution in [0, 0.1) is 21.4 Å². The number of nitro groups is 1. The number of carbonyl (C=O) groups excluding carboxylic acids is 1. The van der Waals surface area contributed by atoms with Crippen molar-refractivity contribution in [1.82, 2.24) is 0 Å². The third kappa shape index (κ3) is 4.21. The van der Waals surface area contributed by atoms with E-state index in [0.29, 0.717) is 11.6 Å². The fourth-order valence-corrected chi connectivity index (χ4v) is 3.73. The maximum Gasteiger partial charge on any atom is 0.338 e. The summed E-state index contributed by atoms with van der Waals surface area (Å²) in [5.41, 5.74) is 0.763. The van der Waals surface area contributed by atoms with E-state index in [1.54, 1.807) is 12.1 Å². The van der Waals surface area contributed by atoms with Crippen LogP contribution in [0.2, 0.25) is 0 Å². The summed E-state index contributed by atoms with van der Waals surface area (Å²) in [4.78, 5) is 22.4. The van der Waals surface area contributed by atoms with Crippen molar-refractivity contribution < 1.29 is 14.5 Å². The zero-order valence-electron chi connectivity index (χ0n) is 14.1. The number of nitrogens with zero attached hydrogens (tertiary/aromatic N) is 1. The highest BCUT2D eigenvalue weighted by Gasteiger charge is 2.33. The van der Waals surface area contributed by atoms with Crippen LogP contribution in [0.4, 0.5) is 11.4 Å². The second-order valence-corrected chi connectivity index (χ2v) is 7.24. The van der Waals surface area contributed by atoms with Gasteiger partial charge < -0.3 is 10.1 Å². The van der Waals surface area contributed by atoms with Crippen molar-refractivity contribution in [2.45, 2.75) is 46.1 Å². The Labute approximate surface area is 136 Å². The summed E-state index contributed by atoms with van der Waals surface area (Å²) in [7, 11) is 1.26. The van der Waals surface area contributed by atoms with Crippen molar-refractivity contribution >= 4 is 17.3 Å². The first-order valence-electron chi connectivity index (χ1n) is 7.85. The number of carbonyl (C=O) groups is 1. The molecule has 1 saturated carbocycles. The predicted molar refractivity (Wildman–Crippen MR) is 88.6 cm³/mol. The first kappa shape index (κ1) is 17.2. The van der Waals surface area contributed by atoms with Gasteiger partial charge in [0.2, 0.25) is 0 Å². The number of esters is 1. The Morgan fingerprint density at radius 2 is 2.09 bits per heavy atom. The second kappa shape index (κ2) is 6.56. The van der Waals surface area contributed by atoms with Crippen molar-refractivity contribution in [3.05, 3.63) is 33.9 Å². The van der Waals surface area contributed by atoms with Gasteiger partial charge in [-0.2, -0.15) is 0 Å². The molecule has 0 spiro atoms. The molecule has 2 atom stereocenters. The van der Waals surface area contributed by atoms with Crippen LogP contribution in [-0.4, -0.2) is 24.0 Å². The minimum Gasteiger partial charge on any atom is -0.465 e. The Balaban J connectivity index is 2.25. The van der Waals surface area contributed by atoms with E-state index in [0.717, 1.165) is 19.3 Å². The summed E-state index contributed by atoms with van der Waals surface area (Å²) in [6.07, 6.45) is 3.11. The molecule has 126 valence electrons. The molecule has 0 heterocycles. The molecule has 23 heavy (non-hydrogen) atoms. The lowest BCUT2D eigenvalue weighted by atomic mass is 9.70. The molecule has 0 bridgehead atoms. The molecular weight excluding hydrogens is 296 g/mol. The van der Waals surface area contributed by atoms with Crippen LogP contribution in [0.25, 0.3) is 0 Å². The molecular formula is C17H24N2O4. The maximum atomic E-state index is 11.6. The van der Waals surface area contributed by atoms with Crippen LogP contribution in [0.5, 0.6) is 0 Å². The van der Waals surface area contributed by atoms with Crippen molar-refractivity contribution in [2.75, 3.05) is 12.4 Å². The Hall–Kier alpha value is -2.11. The summed E-state index contributed by atoms with van der Waals surface area (Å²) in [5, 5.41) is 14.6. The Bertz CT molecular complexity index is 613. The van der Waals surface area contributed by atoms with Gasteiger partial charge in [0.25, 0.3) is 5.69 Å². The van der Waals surface area contributed by atoms with Gasteiger partial charge in [-0.05, 0) is 42.7 Å². The number of anilines is 1. The van der Waals surface area contributed by atoms with E-state index in [4.69, 9.17) is 0 Å². The van der Waals surface area contributed by atoms with Crippen LogP contribution >= 0.6 is 0 Å². The molecule has 0 saturated heterocycles. The number of methoxy groups -OCH3 is 1. The average Bonchev–Trinajstić information content (AvgIpc) is 2.44. The van der Waals surface area contributed by atoms with E-state index in [2.05, 4.69) is 30.8 Å². The Morgan fingerprint density at radius 1 is 1.39 bits per heavy atom. The Morgan fingerprint density at radius 3 is 2.65 bits per heavy atom. The minimum absolute atomic E-state index is 0.0936. The molecule has 1 N–H and O–H groups in total. The molecule has 1 aromatic rings. The van der Waals surface area contributed by atoms with E-state index in [1.807, 2.05) is 0 Å². The Kier molecular flexibility index (Phi) is 4.92. The van der Waals surface area contributed by atoms with Gasteiger partial charge in [0.1, 0.15) is 5.69 Å². The van der Waals surface area contributed by atoms with E-state index < -0.39 is 10.9 Å². The highest BCUT2D eigenvalue weighted by atomic mass is 16.6. The third-order valence-electron chi connectivity index (χ3n) is 4.36. The smallest absolute Gasteiger partial charge is 0.338 e. The number of rotatable bonds is 4. The number of hydrogen-bond acceptors (Lipinski definition) is 5. The van der Waals surface area contributed by atoms with Gasteiger partial charge in [-0.1, -0.05) is 20.8 Å². The highest BCUT2D eigenvalue weighted by molar-refractivity contribution is 5.91. The average molecular weight is 320 g/mol. The van der Waals surface area contributed by atoms with Crippen LogP contribution in [0.3, 0.4) is 0 Å². The van der Waals surface area contributed by atoms with Crippen LogP contribution < -0.4 is 5.32 Å². The van der Waals surface area contributed by atoms with Gasteiger partial charge in [-0.3, -0.25) is 10.1 Å². The molecule has 2 unspecified atom stereocenters. The molecule has 0 aliphatic heterocycles. The second-order valence-electron chi connectivity index (χ2n) is 7.24. The van der Waals surface area contributed by atoms with Gasteiger partial charge in [0, 0.05) is 12.1 Å². The minimum atomic E-state index is -0.577. The summed E-state index contributed by atoms with van der Waals surface area (Å²) >= 11 is 0. The van der Waals surface area contributed by atoms with Gasteiger partial charge in [0.05, 0.1) is 17.6 Å². The van der Waals surface area contributed by atoms with E-state index in [9.17, 15) is 14.9 Å². The number of hydrogen-bond donors (Lipinski definition) is 1. The van der Waals surface area contributed by atoms with Gasteiger partial charge in [-0.15, -0.1) is 0 Å². The van der Waals surface area contributed by atoms with E-state index in [-0.39, 0.29) is 22.7 Å². The van der Waals surface area contributed by atoms with Crippen molar-refractivity contribution in [3.63, 3.8) is 0 Å². The number of ether oxygens (including phenoxy) is 1. The van der Waals surface area contributed by atoms with Gasteiger partial charge in [0.15, 0.2) is 0 Å². The maximum absolute atomic E-state index is 11.6. The highest BCUT2D eigenvalue weighted by Crippen LogP contribution is 2.40. The van der Waals surface area contributed by atoms with Crippen LogP contribution in [-0.2, 0) is 4.74 Å². The fraction of sp³-hybridized carbons (Fsp3) is 0.588. The fourth-order valence-electron chi connectivity index (χ4n) is 3.73. The van der Waals surface area contributed by atoms with Crippen LogP contribution in [0.15, 0.2) is 18.2 Å². The lowest BCUT2D eigenvalue weighted by Gasteiger charge is -2.39. The van der Waals surface area contributed by atoms with Crippen molar-refractivity contribution in [2.24, 2.45) is 11.3 Å². The quantitative estimate of drug-likeness (QED) is 0.515. The number of benzene rings is 1. The summed E-state index contributed by atoms with van der Waals surface area (Å²) in [5.74, 6) is -0.00304. The number of nitro benzene ring substituents is 1. The zero-order valence-corrected chi connectivity index (χ0v) is 14.1. The molecule has 0 amide bonds. The van der Waals surface area contributed by atoms with Gasteiger partial charge >= 0.3 is 5.97 Å². The summed E-state index contributed by atoms with van der Waals surface area (Å²) in [6.45, 7) is 6.67. The van der Waals surface area contributed by atoms with Crippen molar-refractivity contribution in [3.8, 4) is 0 Å². The van der Waals surface area contributed by atoms with Crippen LogP contribution in [0.1, 0.15) is 50.4 Å². The molecule has 2 rings (SSSR count). The first-order chi connectivity index (χ1) is 10.7. The summed E-state index contributed by atoms with van der Waals surface area (Å²) in [6, 6.07) is 4.61. The molecule has 0 aromatic heterocycles. The zero-order chi connectivity index (χ0) is 17.2. The largest absolute Gasteiger partial charge is 0.465 e. The topological polar surface area (TPSA) is 81.5 Å². The van der Waals surface area contributed by atoms with E-state index >= 15 is 0 Å². The normalized spacial score (nSPS) is 23.1. The molecule has 6 heteroatoms. The number of nitrogens with one attached hydrogen (secondary N) is 1. The lowest BCUT2D eigenvalue weighted by molar-refractivity contribution is -0.384. The molecule has 6 nitrogen and oxygen atoms in total. The first-order valence-corrected chi connectivity index (χ1v) is 7.85. The van der Waals surface area contributed by atoms with E-state index in [1.165, 1.54) is 13.2 Å². The molecule has 1 aliphatic rings. The monoisotopic (exact) mass is 320 g/mol. The SMILES string of the molecule is COC(=O)c1ccc(NC2CC(C)CC(C)(C)C2)c([N+](=O)[O-])c1. The lowest BCUT2D eigenvalue weighted by Crippen LogP contribution is -2.35. The third-order valence-corrected chi connectivity index (χ3v) is 4.36. The van der Waals surface area contributed by atoms with Gasteiger partial charge in [-0.25, -0.2) is 4.79 Å². The summed E-state index contributed by atoms with van der Waals surface area (Å²) < 4.78 is 4.62. The molecule has 0 radical (unpaired) electrons. The van der Waals surface area contributed by atoms with Crippen molar-refractivity contribution in [1.29, 1.82) is 0 Å². The molecule has 1 aromatic carbocycles. The molecule has 1 aliphatic carbocycles. The predicted octanol–water partition coefficient (Wildman–Crippen LogP) is 4.01. The molecule has 1 fully saturated rings. The standard InChI is InChI=1S/C17H24N2O4/c1-11-7-13(10-17(2,3)9-11)18-14-6-5-12(16(20)23-4)8-15(14)19(21)22/h5-6,8,11,13,18H,7,9-10H2,1-4H3.